The van der Waals surface area contributed by atoms with Crippen LogP contribution in [0.1, 0.15) is 44.9 Å². The van der Waals surface area contributed by atoms with Gasteiger partial charge in [0.15, 0.2) is 0 Å². The van der Waals surface area contributed by atoms with Gasteiger partial charge in [-0.3, -0.25) is 9.59 Å². The minimum absolute atomic E-state index is 0.0565. The fourth-order valence-electron chi connectivity index (χ4n) is 4.42. The Kier molecular flexibility index (Phi) is 3.40. The quantitative estimate of drug-likeness (QED) is 0.816. The molecule has 0 aromatic rings. The molecule has 3 saturated heterocycles. The summed E-state index contributed by atoms with van der Waals surface area (Å²) in [6, 6.07) is 0.787. The van der Waals surface area contributed by atoms with E-state index in [0.29, 0.717) is 31.0 Å². The van der Waals surface area contributed by atoms with E-state index >= 15 is 0 Å². The number of carbonyl (C=O) groups excluding carboxylic acids is 2. The molecule has 1 N–H and O–H groups in total. The highest BCUT2D eigenvalue weighted by molar-refractivity contribution is 5.90. The molecule has 21 heavy (non-hydrogen) atoms. The van der Waals surface area contributed by atoms with E-state index in [1.807, 2.05) is 0 Å². The number of rotatable bonds is 2. The van der Waals surface area contributed by atoms with Crippen LogP contribution in [-0.2, 0) is 9.59 Å². The highest BCUT2D eigenvalue weighted by Gasteiger charge is 2.44. The van der Waals surface area contributed by atoms with Crippen molar-refractivity contribution in [1.29, 1.82) is 0 Å². The van der Waals surface area contributed by atoms with E-state index in [1.165, 1.54) is 19.4 Å². The van der Waals surface area contributed by atoms with Crippen LogP contribution in [0.2, 0.25) is 0 Å². The number of hydrogen-bond acceptors (Lipinski definition) is 3. The van der Waals surface area contributed by atoms with Crippen LogP contribution in [0, 0.1) is 5.92 Å². The number of piperidine rings is 1. The van der Waals surface area contributed by atoms with Gasteiger partial charge < -0.3 is 15.1 Å². The fraction of sp³-hybridized carbons (Fsp3) is 0.875. The second-order valence-electron chi connectivity index (χ2n) is 7.17. The van der Waals surface area contributed by atoms with Crippen molar-refractivity contribution >= 4 is 11.8 Å². The first kappa shape index (κ1) is 13.6. The first-order chi connectivity index (χ1) is 10.2. The van der Waals surface area contributed by atoms with Crippen LogP contribution in [0.3, 0.4) is 0 Å². The van der Waals surface area contributed by atoms with Crippen LogP contribution >= 0.6 is 0 Å². The van der Waals surface area contributed by atoms with E-state index in [0.717, 1.165) is 32.2 Å². The number of nitrogens with zero attached hydrogens (tertiary/aromatic N) is 2. The zero-order valence-electron chi connectivity index (χ0n) is 12.6. The zero-order valence-corrected chi connectivity index (χ0v) is 12.6. The lowest BCUT2D eigenvalue weighted by Gasteiger charge is -2.41. The molecule has 1 aliphatic carbocycles. The van der Waals surface area contributed by atoms with Gasteiger partial charge in [-0.25, -0.2) is 0 Å². The number of hydrogen-bond donors (Lipinski definition) is 1. The summed E-state index contributed by atoms with van der Waals surface area (Å²) in [6.45, 7) is 2.97. The Morgan fingerprint density at radius 3 is 2.62 bits per heavy atom. The average Bonchev–Trinajstić information content (AvgIpc) is 3.23. The highest BCUT2D eigenvalue weighted by Crippen LogP contribution is 2.36. The molecule has 0 aromatic carbocycles. The Morgan fingerprint density at radius 2 is 1.81 bits per heavy atom. The second-order valence-corrected chi connectivity index (χ2v) is 7.17. The first-order valence-corrected chi connectivity index (χ1v) is 8.56. The van der Waals surface area contributed by atoms with Gasteiger partial charge in [0.05, 0.1) is 0 Å². The lowest BCUT2D eigenvalue weighted by molar-refractivity contribution is -0.137. The molecule has 4 aliphatic rings. The standard InChI is InChI=1S/C16H25N3O2/c20-14-6-9-19(16(21)15(17-14)11-3-4-11)13-5-8-18-7-1-2-12(18)10-13/h11-13,15H,1-10H2,(H,17,20). The SMILES string of the molecule is O=C1CCN(C2CCN3CCCC3C2)C(=O)C(C2CC2)N1. The summed E-state index contributed by atoms with van der Waals surface area (Å²) >= 11 is 0. The molecule has 5 heteroatoms. The molecule has 0 bridgehead atoms. The van der Waals surface area contributed by atoms with Crippen LogP contribution in [0.15, 0.2) is 0 Å². The Morgan fingerprint density at radius 1 is 0.952 bits per heavy atom. The molecule has 1 saturated carbocycles. The molecule has 4 rings (SSSR count). The number of nitrogens with one attached hydrogen (secondary N) is 1. The monoisotopic (exact) mass is 291 g/mol. The zero-order chi connectivity index (χ0) is 14.4. The molecular formula is C16H25N3O2. The Labute approximate surface area is 126 Å². The predicted octanol–water partition coefficient (Wildman–Crippen LogP) is 0.740. The maximum absolute atomic E-state index is 12.9. The summed E-state index contributed by atoms with van der Waals surface area (Å²) in [4.78, 5) is 29.4. The maximum atomic E-state index is 12.9. The Balaban J connectivity index is 1.49. The molecule has 0 aromatic heterocycles. The van der Waals surface area contributed by atoms with Gasteiger partial charge in [-0.15, -0.1) is 0 Å². The molecule has 0 radical (unpaired) electrons. The van der Waals surface area contributed by atoms with Gasteiger partial charge in [0.2, 0.25) is 11.8 Å². The summed E-state index contributed by atoms with van der Waals surface area (Å²) < 4.78 is 0. The van der Waals surface area contributed by atoms with Gasteiger partial charge in [-0.05, 0) is 51.0 Å². The third kappa shape index (κ3) is 2.56. The molecule has 2 amide bonds. The molecule has 3 heterocycles. The molecule has 3 atom stereocenters. The second kappa shape index (κ2) is 5.27. The minimum atomic E-state index is -0.235. The smallest absolute Gasteiger partial charge is 0.245 e. The number of amides is 2. The van der Waals surface area contributed by atoms with Crippen molar-refractivity contribution in [3.8, 4) is 0 Å². The summed E-state index contributed by atoms with van der Waals surface area (Å²) in [5.41, 5.74) is 0. The molecule has 116 valence electrons. The van der Waals surface area contributed by atoms with Crippen molar-refractivity contribution in [2.24, 2.45) is 5.92 Å². The van der Waals surface area contributed by atoms with Crippen molar-refractivity contribution in [3.63, 3.8) is 0 Å². The molecule has 5 nitrogen and oxygen atoms in total. The third-order valence-electron chi connectivity index (χ3n) is 5.77. The summed E-state index contributed by atoms with van der Waals surface area (Å²) in [5, 5.41) is 2.97. The van der Waals surface area contributed by atoms with Crippen LogP contribution < -0.4 is 5.32 Å². The fourth-order valence-corrected chi connectivity index (χ4v) is 4.42. The van der Waals surface area contributed by atoms with Crippen LogP contribution in [0.4, 0.5) is 0 Å². The summed E-state index contributed by atoms with van der Waals surface area (Å²) in [6.07, 6.45) is 7.42. The molecule has 4 fully saturated rings. The van der Waals surface area contributed by atoms with Crippen LogP contribution in [-0.4, -0.2) is 59.4 Å². The highest BCUT2D eigenvalue weighted by atomic mass is 16.2. The van der Waals surface area contributed by atoms with Crippen LogP contribution in [0.25, 0.3) is 0 Å². The van der Waals surface area contributed by atoms with Crippen LogP contribution in [0.5, 0.6) is 0 Å². The van der Waals surface area contributed by atoms with Crippen molar-refractivity contribution in [2.45, 2.75) is 63.1 Å². The largest absolute Gasteiger partial charge is 0.344 e. The predicted molar refractivity (Wildman–Crippen MR) is 78.6 cm³/mol. The summed E-state index contributed by atoms with van der Waals surface area (Å²) in [7, 11) is 0. The molecule has 0 spiro atoms. The van der Waals surface area contributed by atoms with E-state index in [4.69, 9.17) is 0 Å². The lowest BCUT2D eigenvalue weighted by atomic mass is 9.95. The van der Waals surface area contributed by atoms with Gasteiger partial charge in [0.25, 0.3) is 0 Å². The number of carbonyl (C=O) groups is 2. The van der Waals surface area contributed by atoms with Gasteiger partial charge in [0.1, 0.15) is 6.04 Å². The normalized spacial score (nSPS) is 38.1. The van der Waals surface area contributed by atoms with Gasteiger partial charge in [-0.2, -0.15) is 0 Å². The first-order valence-electron chi connectivity index (χ1n) is 8.56. The van der Waals surface area contributed by atoms with Crippen molar-refractivity contribution < 1.29 is 9.59 Å². The summed E-state index contributed by atoms with van der Waals surface area (Å²) in [5.74, 6) is 0.648. The topological polar surface area (TPSA) is 52.7 Å². The van der Waals surface area contributed by atoms with E-state index in [9.17, 15) is 9.59 Å². The Hall–Kier alpha value is -1.10. The Bertz CT molecular complexity index is 449. The van der Waals surface area contributed by atoms with E-state index < -0.39 is 0 Å². The molecule has 3 aliphatic heterocycles. The molecule has 3 unspecified atom stereocenters. The van der Waals surface area contributed by atoms with Gasteiger partial charge in [-0.1, -0.05) is 0 Å². The third-order valence-corrected chi connectivity index (χ3v) is 5.77. The average molecular weight is 291 g/mol. The van der Waals surface area contributed by atoms with E-state index in [-0.39, 0.29) is 17.9 Å². The van der Waals surface area contributed by atoms with E-state index in [1.54, 1.807) is 0 Å². The van der Waals surface area contributed by atoms with Crippen molar-refractivity contribution in [2.75, 3.05) is 19.6 Å². The molecular weight excluding hydrogens is 266 g/mol. The lowest BCUT2D eigenvalue weighted by Crippen LogP contribution is -2.53. The van der Waals surface area contributed by atoms with Crippen molar-refractivity contribution in [3.05, 3.63) is 0 Å². The van der Waals surface area contributed by atoms with Gasteiger partial charge in [0, 0.05) is 31.6 Å². The minimum Gasteiger partial charge on any atom is -0.344 e. The maximum Gasteiger partial charge on any atom is 0.245 e. The van der Waals surface area contributed by atoms with Crippen molar-refractivity contribution in [1.82, 2.24) is 15.1 Å². The van der Waals surface area contributed by atoms with Gasteiger partial charge >= 0.3 is 0 Å². The van der Waals surface area contributed by atoms with E-state index in [2.05, 4.69) is 15.1 Å². The number of fused-ring (bicyclic) bond motifs is 1.